The molecule has 0 radical (unpaired) electrons. The lowest BCUT2D eigenvalue weighted by Gasteiger charge is -2.34. The van der Waals surface area contributed by atoms with Crippen LogP contribution in [0.5, 0.6) is 0 Å². The molecular weight excluding hydrogens is 294 g/mol. The summed E-state index contributed by atoms with van der Waals surface area (Å²) in [5, 5.41) is 5.97. The van der Waals surface area contributed by atoms with E-state index < -0.39 is 10.0 Å². The largest absolute Gasteiger partial charge is 0.271 e. The van der Waals surface area contributed by atoms with Gasteiger partial charge in [0.2, 0.25) is 0 Å². The number of thiophene rings is 1. The second-order valence-corrected chi connectivity index (χ2v) is 8.00. The molecule has 2 aromatic rings. The molecule has 1 saturated heterocycles. The Bertz CT molecular complexity index is 676. The summed E-state index contributed by atoms with van der Waals surface area (Å²) in [4.78, 5) is 0. The molecular formula is C13H17N3O2S2. The van der Waals surface area contributed by atoms with Crippen molar-refractivity contribution in [1.29, 1.82) is 0 Å². The van der Waals surface area contributed by atoms with Crippen LogP contribution >= 0.6 is 11.3 Å². The highest BCUT2D eigenvalue weighted by Crippen LogP contribution is 2.36. The third kappa shape index (κ3) is 2.30. The van der Waals surface area contributed by atoms with E-state index in [-0.39, 0.29) is 6.04 Å². The average Bonchev–Trinajstić information content (AvgIpc) is 3.10. The number of rotatable bonds is 3. The molecule has 3 rings (SSSR count). The zero-order valence-electron chi connectivity index (χ0n) is 11.3. The Hall–Kier alpha value is -1.18. The number of nitrogens with zero attached hydrogens (tertiary/aromatic N) is 3. The lowest BCUT2D eigenvalue weighted by atomic mass is 10.0. The topological polar surface area (TPSA) is 55.2 Å². The van der Waals surface area contributed by atoms with Crippen molar-refractivity contribution in [1.82, 2.24) is 14.1 Å². The molecule has 7 heteroatoms. The summed E-state index contributed by atoms with van der Waals surface area (Å²) >= 11 is 1.27. The van der Waals surface area contributed by atoms with Gasteiger partial charge in [0.05, 0.1) is 11.7 Å². The van der Waals surface area contributed by atoms with E-state index in [1.807, 2.05) is 13.1 Å². The van der Waals surface area contributed by atoms with Crippen molar-refractivity contribution >= 4 is 21.4 Å². The lowest BCUT2D eigenvalue weighted by molar-refractivity contribution is 0.246. The lowest BCUT2D eigenvalue weighted by Crippen LogP contribution is -2.38. The molecule has 0 aromatic carbocycles. The summed E-state index contributed by atoms with van der Waals surface area (Å²) in [7, 11) is -1.54. The van der Waals surface area contributed by atoms with Crippen LogP contribution < -0.4 is 0 Å². The second-order valence-electron chi connectivity index (χ2n) is 4.94. The van der Waals surface area contributed by atoms with Crippen molar-refractivity contribution in [3.63, 3.8) is 0 Å². The van der Waals surface area contributed by atoms with Crippen LogP contribution in [-0.2, 0) is 17.1 Å². The van der Waals surface area contributed by atoms with Crippen molar-refractivity contribution < 1.29 is 8.42 Å². The summed E-state index contributed by atoms with van der Waals surface area (Å²) in [6, 6.07) is 5.26. The molecule has 0 saturated carbocycles. The third-order valence-electron chi connectivity index (χ3n) is 3.71. The van der Waals surface area contributed by atoms with Crippen LogP contribution in [0.2, 0.25) is 0 Å². The van der Waals surface area contributed by atoms with Crippen molar-refractivity contribution in [2.75, 3.05) is 6.54 Å². The molecule has 0 unspecified atom stereocenters. The van der Waals surface area contributed by atoms with Crippen LogP contribution in [0, 0.1) is 0 Å². The molecule has 5 nitrogen and oxygen atoms in total. The van der Waals surface area contributed by atoms with E-state index in [4.69, 9.17) is 0 Å². The van der Waals surface area contributed by atoms with E-state index in [0.29, 0.717) is 10.8 Å². The van der Waals surface area contributed by atoms with Crippen molar-refractivity contribution in [3.05, 3.63) is 35.5 Å². The van der Waals surface area contributed by atoms with Gasteiger partial charge < -0.3 is 0 Å². The number of aryl methyl sites for hydroxylation is 1. The van der Waals surface area contributed by atoms with Crippen LogP contribution in [0.3, 0.4) is 0 Å². The Morgan fingerprint density at radius 3 is 2.85 bits per heavy atom. The van der Waals surface area contributed by atoms with Gasteiger partial charge in [-0.1, -0.05) is 12.5 Å². The minimum absolute atomic E-state index is 0.108. The van der Waals surface area contributed by atoms with Gasteiger partial charge in [-0.05, 0) is 30.4 Å². The van der Waals surface area contributed by atoms with E-state index >= 15 is 0 Å². The predicted octanol–water partition coefficient (Wildman–Crippen LogP) is 2.40. The van der Waals surface area contributed by atoms with E-state index in [1.165, 1.54) is 11.3 Å². The summed E-state index contributed by atoms with van der Waals surface area (Å²) in [5.41, 5.74) is 0.963. The van der Waals surface area contributed by atoms with Gasteiger partial charge in [-0.25, -0.2) is 8.42 Å². The molecule has 1 aliphatic heterocycles. The highest BCUT2D eigenvalue weighted by Gasteiger charge is 2.36. The molecule has 0 aliphatic carbocycles. The van der Waals surface area contributed by atoms with Gasteiger partial charge in [0.1, 0.15) is 4.21 Å². The van der Waals surface area contributed by atoms with E-state index in [1.54, 1.807) is 32.7 Å². The first-order valence-electron chi connectivity index (χ1n) is 6.64. The third-order valence-corrected chi connectivity index (χ3v) is 6.99. The minimum Gasteiger partial charge on any atom is -0.271 e. The van der Waals surface area contributed by atoms with Crippen molar-refractivity contribution in [2.24, 2.45) is 7.05 Å². The van der Waals surface area contributed by atoms with Crippen molar-refractivity contribution in [3.8, 4) is 0 Å². The maximum absolute atomic E-state index is 12.8. The average molecular weight is 311 g/mol. The van der Waals surface area contributed by atoms with Gasteiger partial charge in [0.15, 0.2) is 0 Å². The quantitative estimate of drug-likeness (QED) is 0.874. The van der Waals surface area contributed by atoms with Crippen molar-refractivity contribution in [2.45, 2.75) is 29.5 Å². The van der Waals surface area contributed by atoms with Crippen LogP contribution in [0.15, 0.2) is 34.0 Å². The minimum atomic E-state index is -3.40. The Balaban J connectivity index is 2.00. The number of piperidine rings is 1. The molecule has 1 atom stereocenters. The maximum atomic E-state index is 12.8. The molecule has 3 heterocycles. The van der Waals surface area contributed by atoms with Gasteiger partial charge in [-0.15, -0.1) is 11.3 Å². The number of hydrogen-bond acceptors (Lipinski definition) is 4. The Morgan fingerprint density at radius 2 is 2.20 bits per heavy atom. The highest BCUT2D eigenvalue weighted by atomic mass is 32.2. The molecule has 0 amide bonds. The molecule has 108 valence electrons. The fourth-order valence-corrected chi connectivity index (χ4v) is 5.51. The molecule has 1 fully saturated rings. The molecule has 0 bridgehead atoms. The SMILES string of the molecule is Cn1nccc1[C@@H]1CCCCN1S(=O)(=O)c1cccs1. The van der Waals surface area contributed by atoms with Gasteiger partial charge in [0.25, 0.3) is 10.0 Å². The molecule has 20 heavy (non-hydrogen) atoms. The first-order valence-corrected chi connectivity index (χ1v) is 8.96. The maximum Gasteiger partial charge on any atom is 0.253 e. The van der Waals surface area contributed by atoms with E-state index in [0.717, 1.165) is 25.0 Å². The summed E-state index contributed by atoms with van der Waals surface area (Å²) in [6.45, 7) is 0.579. The smallest absolute Gasteiger partial charge is 0.253 e. The monoisotopic (exact) mass is 311 g/mol. The molecule has 0 spiro atoms. The number of hydrogen-bond donors (Lipinski definition) is 0. The predicted molar refractivity (Wildman–Crippen MR) is 78.0 cm³/mol. The van der Waals surface area contributed by atoms with E-state index in [2.05, 4.69) is 5.10 Å². The number of sulfonamides is 1. The van der Waals surface area contributed by atoms with Crippen LogP contribution in [0.1, 0.15) is 31.0 Å². The summed E-state index contributed by atoms with van der Waals surface area (Å²) in [5.74, 6) is 0. The zero-order chi connectivity index (χ0) is 14.2. The van der Waals surface area contributed by atoms with Gasteiger partial charge in [0, 0.05) is 19.8 Å². The Morgan fingerprint density at radius 1 is 1.35 bits per heavy atom. The first-order chi connectivity index (χ1) is 9.60. The molecule has 1 aliphatic rings. The van der Waals surface area contributed by atoms with Crippen LogP contribution in [0.25, 0.3) is 0 Å². The first kappa shape index (κ1) is 13.8. The Kier molecular flexibility index (Phi) is 3.66. The van der Waals surface area contributed by atoms with Crippen LogP contribution in [-0.4, -0.2) is 29.0 Å². The normalized spacial score (nSPS) is 21.1. The van der Waals surface area contributed by atoms with E-state index in [9.17, 15) is 8.42 Å². The standard InChI is InChI=1S/C13H17N3O2S2/c1-15-11(7-8-14-15)12-5-2-3-9-16(12)20(17,18)13-6-4-10-19-13/h4,6-8,10,12H,2-3,5,9H2,1H3/t12-/m0/s1. The fourth-order valence-electron chi connectivity index (χ4n) is 2.73. The number of aromatic nitrogens is 2. The summed E-state index contributed by atoms with van der Waals surface area (Å²) in [6.07, 6.45) is 4.54. The zero-order valence-corrected chi connectivity index (χ0v) is 12.9. The molecule has 0 N–H and O–H groups in total. The van der Waals surface area contributed by atoms with Crippen LogP contribution in [0.4, 0.5) is 0 Å². The fraction of sp³-hybridized carbons (Fsp3) is 0.462. The second kappa shape index (κ2) is 5.31. The van der Waals surface area contributed by atoms with Gasteiger partial charge in [-0.3, -0.25) is 4.68 Å². The van der Waals surface area contributed by atoms with Gasteiger partial charge >= 0.3 is 0 Å². The highest BCUT2D eigenvalue weighted by molar-refractivity contribution is 7.91. The molecule has 2 aromatic heterocycles. The van der Waals surface area contributed by atoms with Gasteiger partial charge in [-0.2, -0.15) is 9.40 Å². The Labute approximate surface area is 122 Å². The summed E-state index contributed by atoms with van der Waals surface area (Å²) < 4.78 is 29.4.